The molecule has 1 aliphatic rings. The second-order valence-electron chi connectivity index (χ2n) is 8.06. The van der Waals surface area contributed by atoms with E-state index in [9.17, 15) is 10.1 Å². The number of fused-ring (bicyclic) bond motifs is 1. The van der Waals surface area contributed by atoms with Gasteiger partial charge in [-0.1, -0.05) is 44.2 Å². The molecule has 6 heteroatoms. The van der Waals surface area contributed by atoms with Gasteiger partial charge in [0.25, 0.3) is 0 Å². The van der Waals surface area contributed by atoms with Crippen molar-refractivity contribution >= 4 is 5.97 Å². The third-order valence-corrected chi connectivity index (χ3v) is 5.66. The van der Waals surface area contributed by atoms with Crippen LogP contribution < -0.4 is 19.9 Å². The molecule has 1 atom stereocenters. The van der Waals surface area contributed by atoms with Gasteiger partial charge in [0.05, 0.1) is 18.6 Å². The summed E-state index contributed by atoms with van der Waals surface area (Å²) in [5.41, 5.74) is 9.76. The average Bonchev–Trinajstić information content (AvgIpc) is 2.83. The molecule has 4 rings (SSSR count). The van der Waals surface area contributed by atoms with Gasteiger partial charge < -0.3 is 19.9 Å². The summed E-state index contributed by atoms with van der Waals surface area (Å²) in [5, 5.41) is 9.75. The summed E-state index contributed by atoms with van der Waals surface area (Å²) in [6.45, 7) is 4.26. The van der Waals surface area contributed by atoms with Crippen LogP contribution >= 0.6 is 0 Å². The highest BCUT2D eigenvalue weighted by molar-refractivity contribution is 5.91. The molecule has 0 bridgehead atoms. The molecule has 6 nitrogen and oxygen atoms in total. The maximum Gasteiger partial charge on any atom is 0.343 e. The minimum Gasteiger partial charge on any atom is -0.497 e. The standard InChI is InChI=1S/C27H24N2O4/c1-16(2)17-4-6-18(7-5-17)25-22-13-12-21(14-24(22)33-26(29)23(25)15-28)32-27(30)19-8-10-20(31-3)11-9-19/h4-14,16,25H,29H2,1-3H3. The predicted molar refractivity (Wildman–Crippen MR) is 124 cm³/mol. The number of esters is 1. The molecule has 2 N–H and O–H groups in total. The van der Waals surface area contributed by atoms with Crippen LogP contribution in [0.4, 0.5) is 0 Å². The zero-order valence-corrected chi connectivity index (χ0v) is 18.7. The van der Waals surface area contributed by atoms with E-state index in [-0.39, 0.29) is 11.8 Å². The van der Waals surface area contributed by atoms with Crippen molar-refractivity contribution in [1.29, 1.82) is 5.26 Å². The first-order chi connectivity index (χ1) is 15.9. The Morgan fingerprint density at radius 2 is 1.70 bits per heavy atom. The smallest absolute Gasteiger partial charge is 0.343 e. The predicted octanol–water partition coefficient (Wildman–Crippen LogP) is 5.26. The summed E-state index contributed by atoms with van der Waals surface area (Å²) < 4.78 is 16.4. The van der Waals surface area contributed by atoms with Crippen LogP contribution in [0.3, 0.4) is 0 Å². The van der Waals surface area contributed by atoms with Crippen LogP contribution in [0, 0.1) is 11.3 Å². The number of allylic oxidation sites excluding steroid dienone is 1. The molecule has 1 unspecified atom stereocenters. The molecule has 1 aliphatic heterocycles. The fourth-order valence-electron chi connectivity index (χ4n) is 3.81. The van der Waals surface area contributed by atoms with Crippen LogP contribution in [-0.2, 0) is 0 Å². The van der Waals surface area contributed by atoms with Crippen LogP contribution in [0.2, 0.25) is 0 Å². The number of nitriles is 1. The van der Waals surface area contributed by atoms with Gasteiger partial charge in [-0.05, 0) is 47.4 Å². The second kappa shape index (κ2) is 9.09. The van der Waals surface area contributed by atoms with Gasteiger partial charge in [0.1, 0.15) is 28.9 Å². The van der Waals surface area contributed by atoms with E-state index in [1.165, 1.54) is 5.56 Å². The molecule has 0 spiro atoms. The van der Waals surface area contributed by atoms with Crippen molar-refractivity contribution in [2.24, 2.45) is 5.73 Å². The zero-order chi connectivity index (χ0) is 23.5. The first-order valence-electron chi connectivity index (χ1n) is 10.6. The molecule has 0 saturated carbocycles. The molecule has 0 saturated heterocycles. The van der Waals surface area contributed by atoms with Crippen molar-refractivity contribution in [3.63, 3.8) is 0 Å². The monoisotopic (exact) mass is 440 g/mol. The number of rotatable bonds is 5. The Hall–Kier alpha value is -4.24. The van der Waals surface area contributed by atoms with Crippen LogP contribution in [0.1, 0.15) is 52.7 Å². The topological polar surface area (TPSA) is 94.6 Å². The molecule has 33 heavy (non-hydrogen) atoms. The summed E-state index contributed by atoms with van der Waals surface area (Å²) in [6.07, 6.45) is 0. The molecule has 0 amide bonds. The van der Waals surface area contributed by atoms with Crippen LogP contribution in [0.5, 0.6) is 17.2 Å². The molecule has 1 heterocycles. The number of methoxy groups -OCH3 is 1. The lowest BCUT2D eigenvalue weighted by Crippen LogP contribution is -2.21. The van der Waals surface area contributed by atoms with E-state index in [2.05, 4.69) is 32.0 Å². The fraction of sp³-hybridized carbons (Fsp3) is 0.185. The quantitative estimate of drug-likeness (QED) is 0.430. The molecular formula is C27H24N2O4. The average molecular weight is 440 g/mol. The molecule has 0 aliphatic carbocycles. The first-order valence-corrected chi connectivity index (χ1v) is 10.6. The Kier molecular flexibility index (Phi) is 6.05. The summed E-state index contributed by atoms with van der Waals surface area (Å²) in [4.78, 5) is 12.5. The highest BCUT2D eigenvalue weighted by atomic mass is 16.5. The Morgan fingerprint density at radius 3 is 2.30 bits per heavy atom. The molecule has 3 aromatic rings. The normalized spacial score (nSPS) is 14.8. The Labute approximate surface area is 192 Å². The maximum absolute atomic E-state index is 12.5. The van der Waals surface area contributed by atoms with Crippen LogP contribution in [0.15, 0.2) is 78.2 Å². The van der Waals surface area contributed by atoms with Crippen LogP contribution in [-0.4, -0.2) is 13.1 Å². The van der Waals surface area contributed by atoms with E-state index in [4.69, 9.17) is 19.9 Å². The number of benzene rings is 3. The number of hydrogen-bond donors (Lipinski definition) is 1. The molecule has 0 aromatic heterocycles. The lowest BCUT2D eigenvalue weighted by molar-refractivity contribution is 0.0734. The number of carbonyl (C=O) groups is 1. The minimum atomic E-state index is -0.504. The lowest BCUT2D eigenvalue weighted by atomic mass is 9.83. The molecule has 3 aromatic carbocycles. The van der Waals surface area contributed by atoms with E-state index in [1.807, 2.05) is 12.1 Å². The lowest BCUT2D eigenvalue weighted by Gasteiger charge is -2.27. The number of ether oxygens (including phenoxy) is 3. The zero-order valence-electron chi connectivity index (χ0n) is 18.7. The molecule has 0 fully saturated rings. The van der Waals surface area contributed by atoms with E-state index < -0.39 is 5.97 Å². The molecule has 166 valence electrons. The summed E-state index contributed by atoms with van der Waals surface area (Å²) >= 11 is 0. The fourth-order valence-corrected chi connectivity index (χ4v) is 3.81. The summed E-state index contributed by atoms with van der Waals surface area (Å²) in [6, 6.07) is 22.1. The van der Waals surface area contributed by atoms with Gasteiger partial charge in [-0.3, -0.25) is 0 Å². The van der Waals surface area contributed by atoms with Crippen molar-refractivity contribution in [3.8, 4) is 23.3 Å². The maximum atomic E-state index is 12.5. The minimum absolute atomic E-state index is 0.0431. The van der Waals surface area contributed by atoms with Gasteiger partial charge in [0, 0.05) is 11.6 Å². The van der Waals surface area contributed by atoms with E-state index in [0.717, 1.165) is 11.1 Å². The van der Waals surface area contributed by atoms with Crippen molar-refractivity contribution < 1.29 is 19.0 Å². The SMILES string of the molecule is COc1ccc(C(=O)Oc2ccc3c(c2)OC(N)=C(C#N)C3c2ccc(C(C)C)cc2)cc1. The van der Waals surface area contributed by atoms with Crippen molar-refractivity contribution in [1.82, 2.24) is 0 Å². The van der Waals surface area contributed by atoms with Crippen molar-refractivity contribution in [3.05, 3.63) is 100 Å². The second-order valence-corrected chi connectivity index (χ2v) is 8.06. The number of carbonyl (C=O) groups excluding carboxylic acids is 1. The van der Waals surface area contributed by atoms with Gasteiger partial charge in [-0.25, -0.2) is 4.79 Å². The van der Waals surface area contributed by atoms with Crippen LogP contribution in [0.25, 0.3) is 0 Å². The Balaban J connectivity index is 1.65. The van der Waals surface area contributed by atoms with Gasteiger partial charge in [-0.15, -0.1) is 0 Å². The largest absolute Gasteiger partial charge is 0.497 e. The Bertz CT molecular complexity index is 1250. The van der Waals surface area contributed by atoms with Gasteiger partial charge in [0.15, 0.2) is 0 Å². The molecule has 0 radical (unpaired) electrons. The van der Waals surface area contributed by atoms with E-state index in [0.29, 0.717) is 34.3 Å². The molecular weight excluding hydrogens is 416 g/mol. The van der Waals surface area contributed by atoms with Gasteiger partial charge in [-0.2, -0.15) is 5.26 Å². The number of hydrogen-bond acceptors (Lipinski definition) is 6. The first kappa shape index (κ1) is 22.0. The summed E-state index contributed by atoms with van der Waals surface area (Å²) in [7, 11) is 1.56. The van der Waals surface area contributed by atoms with Gasteiger partial charge in [0.2, 0.25) is 5.88 Å². The number of nitrogens with zero attached hydrogens (tertiary/aromatic N) is 1. The third-order valence-electron chi connectivity index (χ3n) is 5.66. The van der Waals surface area contributed by atoms with E-state index >= 15 is 0 Å². The van der Waals surface area contributed by atoms with E-state index in [1.54, 1.807) is 49.6 Å². The van der Waals surface area contributed by atoms with Crippen molar-refractivity contribution in [2.45, 2.75) is 25.7 Å². The summed E-state index contributed by atoms with van der Waals surface area (Å²) in [5.74, 6) is 0.987. The third kappa shape index (κ3) is 4.39. The number of nitrogens with two attached hydrogens (primary N) is 1. The highest BCUT2D eigenvalue weighted by Crippen LogP contribution is 2.43. The van der Waals surface area contributed by atoms with Crippen molar-refractivity contribution in [2.75, 3.05) is 7.11 Å². The highest BCUT2D eigenvalue weighted by Gasteiger charge is 2.31. The van der Waals surface area contributed by atoms with Gasteiger partial charge >= 0.3 is 5.97 Å². The Morgan fingerprint density at radius 1 is 1.03 bits per heavy atom.